The Balaban J connectivity index is 1.91. The van der Waals surface area contributed by atoms with Gasteiger partial charge in [0.15, 0.2) is 6.29 Å². The molecule has 5 heteroatoms. The first-order valence-corrected chi connectivity index (χ1v) is 7.41. The SMILES string of the molecule is CCC(C)C(N)C(=O)N1CCCC(C2OCCO2)C1. The van der Waals surface area contributed by atoms with E-state index in [-0.39, 0.29) is 24.2 Å². The van der Waals surface area contributed by atoms with Gasteiger partial charge in [-0.05, 0) is 18.8 Å². The summed E-state index contributed by atoms with van der Waals surface area (Å²) in [6, 6.07) is -0.380. The maximum Gasteiger partial charge on any atom is 0.239 e. The lowest BCUT2D eigenvalue weighted by molar-refractivity contribution is -0.141. The Hall–Kier alpha value is -0.650. The van der Waals surface area contributed by atoms with Crippen LogP contribution in [0, 0.1) is 11.8 Å². The molecule has 0 aromatic carbocycles. The summed E-state index contributed by atoms with van der Waals surface area (Å²) in [5.74, 6) is 0.605. The molecule has 19 heavy (non-hydrogen) atoms. The van der Waals surface area contributed by atoms with Gasteiger partial charge in [-0.15, -0.1) is 0 Å². The highest BCUT2D eigenvalue weighted by Crippen LogP contribution is 2.25. The first kappa shape index (κ1) is 14.8. The number of nitrogens with zero attached hydrogens (tertiary/aromatic N) is 1. The van der Waals surface area contributed by atoms with Crippen LogP contribution in [0.5, 0.6) is 0 Å². The van der Waals surface area contributed by atoms with Gasteiger partial charge in [-0.25, -0.2) is 0 Å². The lowest BCUT2D eigenvalue weighted by Gasteiger charge is -2.36. The van der Waals surface area contributed by atoms with Crippen LogP contribution in [0.4, 0.5) is 0 Å². The van der Waals surface area contributed by atoms with Crippen molar-refractivity contribution in [3.05, 3.63) is 0 Å². The van der Waals surface area contributed by atoms with Crippen molar-refractivity contribution in [3.8, 4) is 0 Å². The Kier molecular flexibility index (Phi) is 5.19. The van der Waals surface area contributed by atoms with Gasteiger partial charge in [-0.2, -0.15) is 0 Å². The summed E-state index contributed by atoms with van der Waals surface area (Å²) in [4.78, 5) is 14.3. The highest BCUT2D eigenvalue weighted by Gasteiger charge is 2.34. The molecule has 2 saturated heterocycles. The van der Waals surface area contributed by atoms with E-state index in [2.05, 4.69) is 6.92 Å². The molecule has 0 radical (unpaired) electrons. The first-order chi connectivity index (χ1) is 9.13. The summed E-state index contributed by atoms with van der Waals surface area (Å²) in [6.07, 6.45) is 2.87. The molecule has 3 unspecified atom stereocenters. The molecule has 0 spiro atoms. The van der Waals surface area contributed by atoms with Gasteiger partial charge in [0.2, 0.25) is 5.91 Å². The molecule has 0 aliphatic carbocycles. The third kappa shape index (κ3) is 3.46. The Morgan fingerprint density at radius 2 is 2.11 bits per heavy atom. The van der Waals surface area contributed by atoms with Crippen LogP contribution in [-0.4, -0.2) is 49.4 Å². The molecule has 2 heterocycles. The molecule has 0 aromatic heterocycles. The molecule has 0 aromatic rings. The molecule has 5 nitrogen and oxygen atoms in total. The Morgan fingerprint density at radius 3 is 2.74 bits per heavy atom. The predicted octanol–water partition coefficient (Wildman–Crippen LogP) is 0.971. The van der Waals surface area contributed by atoms with Gasteiger partial charge >= 0.3 is 0 Å². The number of hydrogen-bond acceptors (Lipinski definition) is 4. The Morgan fingerprint density at radius 1 is 1.42 bits per heavy atom. The fourth-order valence-corrected chi connectivity index (χ4v) is 2.79. The van der Waals surface area contributed by atoms with E-state index in [0.717, 1.165) is 25.8 Å². The van der Waals surface area contributed by atoms with Crippen molar-refractivity contribution in [3.63, 3.8) is 0 Å². The maximum absolute atomic E-state index is 12.4. The number of likely N-dealkylation sites (tertiary alicyclic amines) is 1. The van der Waals surface area contributed by atoms with E-state index in [9.17, 15) is 4.79 Å². The minimum atomic E-state index is -0.380. The number of amides is 1. The molecule has 0 bridgehead atoms. The summed E-state index contributed by atoms with van der Waals surface area (Å²) in [7, 11) is 0. The first-order valence-electron chi connectivity index (χ1n) is 7.41. The van der Waals surface area contributed by atoms with E-state index in [0.29, 0.717) is 25.7 Å². The lowest BCUT2D eigenvalue weighted by Crippen LogP contribution is -2.51. The highest BCUT2D eigenvalue weighted by molar-refractivity contribution is 5.82. The number of piperidine rings is 1. The monoisotopic (exact) mass is 270 g/mol. The summed E-state index contributed by atoms with van der Waals surface area (Å²) >= 11 is 0. The van der Waals surface area contributed by atoms with Crippen LogP contribution in [0.25, 0.3) is 0 Å². The van der Waals surface area contributed by atoms with E-state index in [4.69, 9.17) is 15.2 Å². The lowest BCUT2D eigenvalue weighted by atomic mass is 9.94. The minimum Gasteiger partial charge on any atom is -0.350 e. The third-order valence-corrected chi connectivity index (χ3v) is 4.34. The Labute approximate surface area is 115 Å². The van der Waals surface area contributed by atoms with Gasteiger partial charge in [-0.1, -0.05) is 20.3 Å². The predicted molar refractivity (Wildman–Crippen MR) is 72.4 cm³/mol. The van der Waals surface area contributed by atoms with Crippen LogP contribution in [0.1, 0.15) is 33.1 Å². The normalized spacial score (nSPS) is 28.4. The zero-order valence-electron chi connectivity index (χ0n) is 12.0. The van der Waals surface area contributed by atoms with Gasteiger partial charge in [0, 0.05) is 19.0 Å². The number of ether oxygens (including phenoxy) is 2. The van der Waals surface area contributed by atoms with Gasteiger partial charge in [-0.3, -0.25) is 4.79 Å². The molecule has 3 atom stereocenters. The molecule has 110 valence electrons. The van der Waals surface area contributed by atoms with Crippen LogP contribution in [0.3, 0.4) is 0 Å². The van der Waals surface area contributed by atoms with Gasteiger partial charge in [0.05, 0.1) is 19.3 Å². The summed E-state index contributed by atoms with van der Waals surface area (Å²) in [5.41, 5.74) is 6.05. The molecule has 2 N–H and O–H groups in total. The number of nitrogens with two attached hydrogens (primary N) is 1. The average molecular weight is 270 g/mol. The van der Waals surface area contributed by atoms with Crippen molar-refractivity contribution in [1.29, 1.82) is 0 Å². The third-order valence-electron chi connectivity index (χ3n) is 4.34. The molecule has 2 aliphatic rings. The largest absolute Gasteiger partial charge is 0.350 e. The van der Waals surface area contributed by atoms with E-state index in [1.54, 1.807) is 0 Å². The standard InChI is InChI=1S/C14H26N2O3/c1-3-10(2)12(15)13(17)16-6-4-5-11(9-16)14-18-7-8-19-14/h10-12,14H,3-9,15H2,1-2H3. The average Bonchev–Trinajstić information content (AvgIpc) is 2.99. The van der Waals surface area contributed by atoms with Crippen LogP contribution in [-0.2, 0) is 14.3 Å². The fraction of sp³-hybridized carbons (Fsp3) is 0.929. The van der Waals surface area contributed by atoms with Crippen molar-refractivity contribution in [2.24, 2.45) is 17.6 Å². The van der Waals surface area contributed by atoms with E-state index >= 15 is 0 Å². The van der Waals surface area contributed by atoms with Gasteiger partial charge in [0.25, 0.3) is 0 Å². The van der Waals surface area contributed by atoms with Crippen LogP contribution < -0.4 is 5.73 Å². The zero-order valence-corrected chi connectivity index (χ0v) is 12.0. The second kappa shape index (κ2) is 6.68. The van der Waals surface area contributed by atoms with Gasteiger partial charge < -0.3 is 20.1 Å². The van der Waals surface area contributed by atoms with Gasteiger partial charge in [0.1, 0.15) is 0 Å². The number of carbonyl (C=O) groups excluding carboxylic acids is 1. The van der Waals surface area contributed by atoms with Crippen molar-refractivity contribution < 1.29 is 14.3 Å². The zero-order chi connectivity index (χ0) is 13.8. The molecule has 2 aliphatic heterocycles. The second-order valence-corrected chi connectivity index (χ2v) is 5.71. The van der Waals surface area contributed by atoms with Crippen LogP contribution in [0.15, 0.2) is 0 Å². The summed E-state index contributed by atoms with van der Waals surface area (Å²) < 4.78 is 11.1. The molecular weight excluding hydrogens is 244 g/mol. The van der Waals surface area contributed by atoms with E-state index < -0.39 is 0 Å². The summed E-state index contributed by atoms with van der Waals surface area (Å²) in [6.45, 7) is 6.97. The van der Waals surface area contributed by atoms with Crippen molar-refractivity contribution in [1.82, 2.24) is 4.90 Å². The number of carbonyl (C=O) groups is 1. The molecule has 2 rings (SSSR count). The molecule has 2 fully saturated rings. The summed E-state index contributed by atoms with van der Waals surface area (Å²) in [5, 5.41) is 0. The molecule has 1 amide bonds. The topological polar surface area (TPSA) is 64.8 Å². The smallest absolute Gasteiger partial charge is 0.239 e. The molecule has 0 saturated carbocycles. The van der Waals surface area contributed by atoms with Crippen molar-refractivity contribution in [2.75, 3.05) is 26.3 Å². The van der Waals surface area contributed by atoms with Crippen LogP contribution in [0.2, 0.25) is 0 Å². The Bertz CT molecular complexity index is 305. The quantitative estimate of drug-likeness (QED) is 0.827. The fourth-order valence-electron chi connectivity index (χ4n) is 2.79. The van der Waals surface area contributed by atoms with Crippen molar-refractivity contribution in [2.45, 2.75) is 45.4 Å². The second-order valence-electron chi connectivity index (χ2n) is 5.71. The maximum atomic E-state index is 12.4. The highest BCUT2D eigenvalue weighted by atomic mass is 16.7. The van der Waals surface area contributed by atoms with Crippen molar-refractivity contribution >= 4 is 5.91 Å². The molecular formula is C14H26N2O3. The minimum absolute atomic E-state index is 0.0806. The van der Waals surface area contributed by atoms with E-state index in [1.165, 1.54) is 0 Å². The number of hydrogen-bond donors (Lipinski definition) is 1. The van der Waals surface area contributed by atoms with E-state index in [1.807, 2.05) is 11.8 Å². The number of rotatable bonds is 4. The van der Waals surface area contributed by atoms with Crippen LogP contribution >= 0.6 is 0 Å².